The second kappa shape index (κ2) is 4.44. The zero-order valence-electron chi connectivity index (χ0n) is 10.5. The zero-order chi connectivity index (χ0) is 12.5. The molecular weight excluding hydrogens is 226 g/mol. The average Bonchev–Trinajstić information content (AvgIpc) is 2.62. The van der Waals surface area contributed by atoms with Crippen molar-refractivity contribution >= 4 is 0 Å². The fourth-order valence-corrected chi connectivity index (χ4v) is 2.69. The van der Waals surface area contributed by atoms with Gasteiger partial charge in [0, 0.05) is 12.5 Å². The van der Waals surface area contributed by atoms with Gasteiger partial charge in [-0.15, -0.1) is 0 Å². The van der Waals surface area contributed by atoms with Crippen LogP contribution in [0, 0.1) is 0 Å². The minimum absolute atomic E-state index is 0.162. The number of rotatable bonds is 1. The van der Waals surface area contributed by atoms with Crippen molar-refractivity contribution in [2.75, 3.05) is 0 Å². The summed E-state index contributed by atoms with van der Waals surface area (Å²) in [6.07, 6.45) is 4.33. The Morgan fingerprint density at radius 2 is 2.00 bits per heavy atom. The Balaban J connectivity index is 2.21. The van der Waals surface area contributed by atoms with E-state index in [1.165, 1.54) is 6.42 Å². The molecule has 18 heavy (non-hydrogen) atoms. The van der Waals surface area contributed by atoms with E-state index in [1.807, 2.05) is 30.3 Å². The zero-order valence-corrected chi connectivity index (χ0v) is 10.5. The lowest BCUT2D eigenvalue weighted by Crippen LogP contribution is -2.24. The molecule has 0 saturated heterocycles. The van der Waals surface area contributed by atoms with E-state index in [4.69, 9.17) is 0 Å². The van der Waals surface area contributed by atoms with Crippen LogP contribution in [0.15, 0.2) is 35.1 Å². The molecule has 1 aromatic heterocycles. The lowest BCUT2D eigenvalue weighted by molar-refractivity contribution is 0.419. The van der Waals surface area contributed by atoms with Crippen molar-refractivity contribution in [2.24, 2.45) is 0 Å². The Hall–Kier alpha value is -1.84. The summed E-state index contributed by atoms with van der Waals surface area (Å²) < 4.78 is 3.79. The summed E-state index contributed by atoms with van der Waals surface area (Å²) in [5.41, 5.74) is 0.736. The van der Waals surface area contributed by atoms with Crippen LogP contribution in [0.4, 0.5) is 0 Å². The predicted octanol–water partition coefficient (Wildman–Crippen LogP) is 2.32. The first-order chi connectivity index (χ1) is 8.77. The van der Waals surface area contributed by atoms with E-state index >= 15 is 0 Å². The van der Waals surface area contributed by atoms with Gasteiger partial charge in [0.05, 0.1) is 5.69 Å². The first kappa shape index (κ1) is 11.3. The van der Waals surface area contributed by atoms with Gasteiger partial charge in [-0.1, -0.05) is 24.6 Å². The maximum atomic E-state index is 12.1. The summed E-state index contributed by atoms with van der Waals surface area (Å²) in [5.74, 6) is 0.925. The van der Waals surface area contributed by atoms with Crippen LogP contribution in [0.5, 0.6) is 0 Å². The number of para-hydroxylation sites is 1. The minimum Gasteiger partial charge on any atom is -0.260 e. The van der Waals surface area contributed by atoms with E-state index in [1.54, 1.807) is 4.68 Å². The third kappa shape index (κ3) is 1.78. The maximum absolute atomic E-state index is 12.1. The largest absolute Gasteiger partial charge is 0.368 e. The van der Waals surface area contributed by atoms with Crippen LogP contribution in [0.1, 0.15) is 38.1 Å². The molecule has 0 amide bonds. The molecule has 2 aromatic rings. The summed E-state index contributed by atoms with van der Waals surface area (Å²) in [5, 5.41) is 0. The van der Waals surface area contributed by atoms with Crippen molar-refractivity contribution < 1.29 is 0 Å². The van der Waals surface area contributed by atoms with Gasteiger partial charge in [0.2, 0.25) is 0 Å². The molecule has 1 unspecified atom stereocenters. The molecule has 0 fully saturated rings. The number of aromatic nitrogens is 3. The minimum atomic E-state index is -0.162. The maximum Gasteiger partial charge on any atom is 0.368 e. The van der Waals surface area contributed by atoms with Crippen molar-refractivity contribution in [1.82, 2.24) is 14.3 Å². The molecule has 0 N–H and O–H groups in total. The number of nitrogens with zero attached hydrogens (tertiary/aromatic N) is 3. The Morgan fingerprint density at radius 3 is 2.78 bits per heavy atom. The summed E-state index contributed by atoms with van der Waals surface area (Å²) in [4.78, 5) is 16.3. The Kier molecular flexibility index (Phi) is 2.78. The van der Waals surface area contributed by atoms with Gasteiger partial charge in [0.25, 0.3) is 0 Å². The molecule has 1 atom stereocenters. The van der Waals surface area contributed by atoms with Crippen molar-refractivity contribution in [3.63, 3.8) is 0 Å². The second-order valence-corrected chi connectivity index (χ2v) is 4.90. The summed E-state index contributed by atoms with van der Waals surface area (Å²) in [7, 11) is 0. The van der Waals surface area contributed by atoms with Gasteiger partial charge < -0.3 is 0 Å². The van der Waals surface area contributed by atoms with Crippen LogP contribution in [-0.2, 0) is 6.42 Å². The van der Waals surface area contributed by atoms with Crippen LogP contribution in [0.3, 0.4) is 0 Å². The molecule has 3 rings (SSSR count). The first-order valence-corrected chi connectivity index (χ1v) is 6.53. The molecule has 1 aliphatic heterocycles. The van der Waals surface area contributed by atoms with Gasteiger partial charge >= 0.3 is 5.69 Å². The fraction of sp³-hybridized carbons (Fsp3) is 0.429. The molecule has 0 bridgehead atoms. The Bertz CT molecular complexity index is 597. The van der Waals surface area contributed by atoms with Gasteiger partial charge in [-0.2, -0.15) is 9.67 Å². The van der Waals surface area contributed by atoms with Crippen molar-refractivity contribution in [3.8, 4) is 5.69 Å². The molecule has 1 aliphatic rings. The number of fused-ring (bicyclic) bond motifs is 1. The summed E-state index contributed by atoms with van der Waals surface area (Å²) in [6, 6.07) is 10.1. The molecule has 0 spiro atoms. The van der Waals surface area contributed by atoms with Crippen LogP contribution in [0.25, 0.3) is 5.69 Å². The van der Waals surface area contributed by atoms with E-state index in [0.29, 0.717) is 6.04 Å². The van der Waals surface area contributed by atoms with Crippen LogP contribution < -0.4 is 5.69 Å². The van der Waals surface area contributed by atoms with Crippen LogP contribution in [-0.4, -0.2) is 14.3 Å². The second-order valence-electron chi connectivity index (χ2n) is 4.90. The number of benzene rings is 1. The molecule has 1 aromatic carbocycles. The van der Waals surface area contributed by atoms with E-state index in [2.05, 4.69) is 16.6 Å². The molecule has 94 valence electrons. The lowest BCUT2D eigenvalue weighted by Gasteiger charge is -2.17. The molecular formula is C14H17N3O. The quantitative estimate of drug-likeness (QED) is 0.771. The number of hydrogen-bond acceptors (Lipinski definition) is 2. The van der Waals surface area contributed by atoms with E-state index in [0.717, 1.165) is 30.8 Å². The van der Waals surface area contributed by atoms with Crippen molar-refractivity contribution in [3.05, 3.63) is 46.6 Å². The highest BCUT2D eigenvalue weighted by molar-refractivity contribution is 5.30. The van der Waals surface area contributed by atoms with E-state index < -0.39 is 0 Å². The van der Waals surface area contributed by atoms with Crippen LogP contribution >= 0.6 is 0 Å². The highest BCUT2D eigenvalue weighted by Crippen LogP contribution is 2.22. The molecule has 0 saturated carbocycles. The summed E-state index contributed by atoms with van der Waals surface area (Å²) >= 11 is 0. The monoisotopic (exact) mass is 243 g/mol. The summed E-state index contributed by atoms with van der Waals surface area (Å²) in [6.45, 7) is 2.16. The SMILES string of the molecule is CC1CCCCc2nc(=O)n(-c3ccccc3)n21. The molecule has 4 nitrogen and oxygen atoms in total. The predicted molar refractivity (Wildman–Crippen MR) is 70.1 cm³/mol. The van der Waals surface area contributed by atoms with Crippen molar-refractivity contribution in [1.29, 1.82) is 0 Å². The van der Waals surface area contributed by atoms with Gasteiger partial charge in [-0.25, -0.2) is 4.79 Å². The molecule has 2 heterocycles. The highest BCUT2D eigenvalue weighted by Gasteiger charge is 2.21. The Morgan fingerprint density at radius 1 is 1.22 bits per heavy atom. The van der Waals surface area contributed by atoms with Gasteiger partial charge in [-0.05, 0) is 31.9 Å². The molecule has 4 heteroatoms. The average molecular weight is 243 g/mol. The smallest absolute Gasteiger partial charge is 0.260 e. The third-order valence-corrected chi connectivity index (χ3v) is 3.58. The standard InChI is InChI=1S/C14H17N3O/c1-11-7-5-6-10-13-15-14(18)17(16(11)13)12-8-3-2-4-9-12/h2-4,8-9,11H,5-7,10H2,1H3. The van der Waals surface area contributed by atoms with Gasteiger partial charge in [0.15, 0.2) is 0 Å². The third-order valence-electron chi connectivity index (χ3n) is 3.58. The normalized spacial score (nSPS) is 19.3. The highest BCUT2D eigenvalue weighted by atomic mass is 16.2. The van der Waals surface area contributed by atoms with Crippen molar-refractivity contribution in [2.45, 2.75) is 38.6 Å². The van der Waals surface area contributed by atoms with Gasteiger partial charge in [0.1, 0.15) is 5.82 Å². The fourth-order valence-electron chi connectivity index (χ4n) is 2.69. The van der Waals surface area contributed by atoms with E-state index in [-0.39, 0.29) is 5.69 Å². The van der Waals surface area contributed by atoms with E-state index in [9.17, 15) is 4.79 Å². The van der Waals surface area contributed by atoms with Gasteiger partial charge in [-0.3, -0.25) is 4.68 Å². The molecule has 0 aliphatic carbocycles. The van der Waals surface area contributed by atoms with Crippen LogP contribution in [0.2, 0.25) is 0 Å². The Labute approximate surface area is 106 Å². The lowest BCUT2D eigenvalue weighted by atomic mass is 10.1. The molecule has 0 radical (unpaired) electrons. The number of aryl methyl sites for hydroxylation is 1. The topological polar surface area (TPSA) is 39.8 Å². The first-order valence-electron chi connectivity index (χ1n) is 6.53. The number of hydrogen-bond donors (Lipinski definition) is 0.